The summed E-state index contributed by atoms with van der Waals surface area (Å²) in [6.07, 6.45) is 0. The van der Waals surface area contributed by atoms with E-state index in [1.807, 2.05) is 0 Å². The summed E-state index contributed by atoms with van der Waals surface area (Å²) in [5, 5.41) is 0. The molecule has 6 nitrogen and oxygen atoms in total. The molecule has 0 fully saturated rings. The summed E-state index contributed by atoms with van der Waals surface area (Å²) in [6.45, 7) is 5.09. The van der Waals surface area contributed by atoms with Crippen LogP contribution >= 0.6 is 12.4 Å². The van der Waals surface area contributed by atoms with Crippen molar-refractivity contribution in [1.82, 2.24) is 0 Å². The van der Waals surface area contributed by atoms with Gasteiger partial charge in [0.05, 0.1) is 7.11 Å². The van der Waals surface area contributed by atoms with Crippen LogP contribution in [0.2, 0.25) is 0 Å². The Balaban J connectivity index is 0. The van der Waals surface area contributed by atoms with Crippen LogP contribution in [0.15, 0.2) is 0 Å². The summed E-state index contributed by atoms with van der Waals surface area (Å²) < 4.78 is 9.33. The zero-order valence-corrected chi connectivity index (χ0v) is 10.7. The highest BCUT2D eigenvalue weighted by Gasteiger charge is 2.31. The maximum absolute atomic E-state index is 11.4. The van der Waals surface area contributed by atoms with E-state index in [9.17, 15) is 9.59 Å². The van der Waals surface area contributed by atoms with Gasteiger partial charge in [0.1, 0.15) is 17.7 Å². The maximum Gasteiger partial charge on any atom is 0.325 e. The highest BCUT2D eigenvalue weighted by atomic mass is 35.5. The number of ether oxygens (including phenoxy) is 2. The van der Waals surface area contributed by atoms with Crippen molar-refractivity contribution >= 4 is 24.3 Å². The number of hydrogen-bond acceptors (Lipinski definition) is 6. The Bertz CT molecular complexity index is 252. The van der Waals surface area contributed by atoms with E-state index in [1.165, 1.54) is 7.11 Å². The normalized spacial score (nSPS) is 14.4. The fraction of sp³-hybridized carbons (Fsp3) is 0.778. The smallest absolute Gasteiger partial charge is 0.325 e. The zero-order valence-electron chi connectivity index (χ0n) is 9.85. The monoisotopic (exact) mass is 254 g/mol. The molecule has 2 unspecified atom stereocenters. The van der Waals surface area contributed by atoms with Crippen LogP contribution in [0.5, 0.6) is 0 Å². The zero-order chi connectivity index (χ0) is 12.2. The van der Waals surface area contributed by atoms with Crippen LogP contribution in [-0.4, -0.2) is 36.7 Å². The summed E-state index contributed by atoms with van der Waals surface area (Å²) in [6, 6.07) is -2.42. The van der Waals surface area contributed by atoms with Crippen molar-refractivity contribution in [3.8, 4) is 0 Å². The van der Waals surface area contributed by atoms with E-state index in [4.69, 9.17) is 16.2 Å². The molecule has 7 heteroatoms. The minimum atomic E-state index is -1.21. The number of hydrogen-bond donors (Lipinski definition) is 2. The van der Waals surface area contributed by atoms with Gasteiger partial charge >= 0.3 is 11.9 Å². The molecule has 0 aliphatic carbocycles. The third-order valence-electron chi connectivity index (χ3n) is 1.54. The predicted octanol–water partition coefficient (Wildman–Crippen LogP) is -0.422. The first-order valence-electron chi connectivity index (χ1n) is 4.51. The van der Waals surface area contributed by atoms with Gasteiger partial charge in [0.15, 0.2) is 0 Å². The van der Waals surface area contributed by atoms with Crippen LogP contribution in [0.4, 0.5) is 0 Å². The van der Waals surface area contributed by atoms with Gasteiger partial charge in [-0.1, -0.05) is 0 Å². The first kappa shape index (κ1) is 17.5. The van der Waals surface area contributed by atoms with Crippen molar-refractivity contribution in [3.05, 3.63) is 0 Å². The molecule has 0 amide bonds. The Morgan fingerprint density at radius 3 is 1.75 bits per heavy atom. The molecule has 0 bridgehead atoms. The van der Waals surface area contributed by atoms with Crippen LogP contribution in [0.1, 0.15) is 20.8 Å². The number of carbonyl (C=O) groups is 2. The second-order valence-electron chi connectivity index (χ2n) is 4.11. The number of rotatable bonds is 3. The van der Waals surface area contributed by atoms with Crippen LogP contribution in [0.3, 0.4) is 0 Å². The van der Waals surface area contributed by atoms with Crippen molar-refractivity contribution in [1.29, 1.82) is 0 Å². The van der Waals surface area contributed by atoms with Crippen LogP contribution in [0, 0.1) is 0 Å². The molecule has 0 aromatic rings. The number of methoxy groups -OCH3 is 1. The molecule has 0 spiro atoms. The number of carbonyl (C=O) groups excluding carboxylic acids is 2. The lowest BCUT2D eigenvalue weighted by molar-refractivity contribution is -0.160. The van der Waals surface area contributed by atoms with Gasteiger partial charge < -0.3 is 20.9 Å². The molecule has 0 aromatic carbocycles. The van der Waals surface area contributed by atoms with E-state index in [2.05, 4.69) is 4.74 Å². The van der Waals surface area contributed by atoms with E-state index in [0.717, 1.165) is 0 Å². The Labute approximate surface area is 101 Å². The molecule has 0 aliphatic rings. The fourth-order valence-electron chi connectivity index (χ4n) is 0.799. The Morgan fingerprint density at radius 2 is 1.44 bits per heavy atom. The first-order valence-corrected chi connectivity index (χ1v) is 4.51. The van der Waals surface area contributed by atoms with Crippen LogP contribution in [-0.2, 0) is 19.1 Å². The second-order valence-corrected chi connectivity index (χ2v) is 4.11. The van der Waals surface area contributed by atoms with Crippen LogP contribution < -0.4 is 11.5 Å². The first-order chi connectivity index (χ1) is 6.69. The molecule has 0 aromatic heterocycles. The van der Waals surface area contributed by atoms with Gasteiger partial charge in [-0.15, -0.1) is 12.4 Å². The molecule has 0 saturated carbocycles. The average molecular weight is 255 g/mol. The topological polar surface area (TPSA) is 105 Å². The van der Waals surface area contributed by atoms with Gasteiger partial charge in [-0.05, 0) is 20.8 Å². The van der Waals surface area contributed by atoms with Gasteiger partial charge in [0.2, 0.25) is 0 Å². The SMILES string of the molecule is COC(=O)C(N)C(N)C(=O)OC(C)(C)C.Cl. The van der Waals surface area contributed by atoms with Gasteiger partial charge in [-0.3, -0.25) is 9.59 Å². The average Bonchev–Trinajstić information content (AvgIpc) is 2.11. The molecular formula is C9H19ClN2O4. The molecule has 2 atom stereocenters. The van der Waals surface area contributed by atoms with E-state index in [0.29, 0.717) is 0 Å². The lowest BCUT2D eigenvalue weighted by Gasteiger charge is -2.23. The lowest BCUT2D eigenvalue weighted by atomic mass is 10.1. The van der Waals surface area contributed by atoms with Crippen molar-refractivity contribution in [3.63, 3.8) is 0 Å². The molecule has 0 rings (SSSR count). The van der Waals surface area contributed by atoms with Gasteiger partial charge in [-0.2, -0.15) is 0 Å². The van der Waals surface area contributed by atoms with Crippen molar-refractivity contribution < 1.29 is 19.1 Å². The standard InChI is InChI=1S/C9H18N2O4.ClH/c1-9(2,3)15-8(13)6(11)5(10)7(12)14-4;/h5-6H,10-11H2,1-4H3;1H. The third-order valence-corrected chi connectivity index (χ3v) is 1.54. The van der Waals surface area contributed by atoms with E-state index in [-0.39, 0.29) is 12.4 Å². The maximum atomic E-state index is 11.4. The number of esters is 2. The summed E-state index contributed by atoms with van der Waals surface area (Å²) in [5.74, 6) is -1.46. The Kier molecular flexibility index (Phi) is 7.32. The molecule has 0 saturated heterocycles. The molecule has 0 aliphatic heterocycles. The quantitative estimate of drug-likeness (QED) is 0.663. The molecule has 16 heavy (non-hydrogen) atoms. The highest BCUT2D eigenvalue weighted by Crippen LogP contribution is 2.08. The van der Waals surface area contributed by atoms with Gasteiger partial charge in [-0.25, -0.2) is 0 Å². The van der Waals surface area contributed by atoms with E-state index >= 15 is 0 Å². The summed E-state index contributed by atoms with van der Waals surface area (Å²) in [4.78, 5) is 22.4. The molecule has 4 N–H and O–H groups in total. The largest absolute Gasteiger partial charge is 0.468 e. The predicted molar refractivity (Wildman–Crippen MR) is 61.1 cm³/mol. The van der Waals surface area contributed by atoms with Crippen molar-refractivity contribution in [2.75, 3.05) is 7.11 Å². The van der Waals surface area contributed by atoms with Gasteiger partial charge in [0, 0.05) is 0 Å². The molecular weight excluding hydrogens is 236 g/mol. The minimum Gasteiger partial charge on any atom is -0.468 e. The number of halogens is 1. The highest BCUT2D eigenvalue weighted by molar-refractivity contribution is 5.87. The molecule has 96 valence electrons. The lowest BCUT2D eigenvalue weighted by Crippen LogP contribution is -2.53. The summed E-state index contributed by atoms with van der Waals surface area (Å²) in [7, 11) is 1.17. The van der Waals surface area contributed by atoms with Crippen LogP contribution in [0.25, 0.3) is 0 Å². The minimum absolute atomic E-state index is 0. The fourth-order valence-corrected chi connectivity index (χ4v) is 0.799. The Morgan fingerprint density at radius 1 is 1.06 bits per heavy atom. The third kappa shape index (κ3) is 5.89. The Hall–Kier alpha value is -0.850. The van der Waals surface area contributed by atoms with Gasteiger partial charge in [0.25, 0.3) is 0 Å². The summed E-state index contributed by atoms with van der Waals surface area (Å²) >= 11 is 0. The van der Waals surface area contributed by atoms with E-state index < -0.39 is 29.6 Å². The van der Waals surface area contributed by atoms with E-state index in [1.54, 1.807) is 20.8 Å². The van der Waals surface area contributed by atoms with Crippen molar-refractivity contribution in [2.24, 2.45) is 11.5 Å². The second kappa shape index (κ2) is 6.67. The summed E-state index contributed by atoms with van der Waals surface area (Å²) in [5.41, 5.74) is 10.2. The van der Waals surface area contributed by atoms with Crippen molar-refractivity contribution in [2.45, 2.75) is 38.5 Å². The number of nitrogens with two attached hydrogens (primary N) is 2. The molecule has 0 heterocycles. The molecule has 0 radical (unpaired) electrons.